The number of nitrogens with zero attached hydrogens (tertiary/aromatic N) is 3. The predicted molar refractivity (Wildman–Crippen MR) is 104 cm³/mol. The van der Waals surface area contributed by atoms with Crippen molar-refractivity contribution in [2.24, 2.45) is 5.92 Å². The van der Waals surface area contributed by atoms with Crippen molar-refractivity contribution < 1.29 is 36.2 Å². The van der Waals surface area contributed by atoms with Crippen molar-refractivity contribution in [1.82, 2.24) is 14.8 Å². The Morgan fingerprint density at radius 3 is 2.34 bits per heavy atom. The highest BCUT2D eigenvalue weighted by Crippen LogP contribution is 2.44. The van der Waals surface area contributed by atoms with Crippen LogP contribution in [-0.2, 0) is 6.54 Å². The number of benzene rings is 1. The smallest absolute Gasteiger partial charge is 0.407 e. The second-order valence-electron chi connectivity index (χ2n) is 7.72. The molecule has 1 unspecified atom stereocenters. The van der Waals surface area contributed by atoms with Gasteiger partial charge in [-0.1, -0.05) is 24.3 Å². The van der Waals surface area contributed by atoms with Crippen LogP contribution in [0, 0.1) is 12.8 Å². The van der Waals surface area contributed by atoms with Crippen LogP contribution in [0.2, 0.25) is 0 Å². The number of amides is 1. The molecule has 1 aliphatic rings. The molecule has 1 amide bonds. The molecule has 1 aromatic heterocycles. The van der Waals surface area contributed by atoms with E-state index in [4.69, 9.17) is 0 Å². The van der Waals surface area contributed by atoms with Gasteiger partial charge in [-0.3, -0.25) is 9.88 Å². The molecule has 0 radical (unpaired) electrons. The lowest BCUT2D eigenvalue weighted by molar-refractivity contribution is -0.300. The minimum absolute atomic E-state index is 0.0228. The van der Waals surface area contributed by atoms with Gasteiger partial charge in [-0.2, -0.15) is 26.3 Å². The Bertz CT molecular complexity index is 935. The zero-order valence-electron chi connectivity index (χ0n) is 17.0. The molecule has 0 bridgehead atoms. The van der Waals surface area contributed by atoms with Gasteiger partial charge >= 0.3 is 18.4 Å². The average molecular weight is 461 g/mol. The molecular weight excluding hydrogens is 440 g/mol. The fourth-order valence-electron chi connectivity index (χ4n) is 3.98. The van der Waals surface area contributed by atoms with Crippen molar-refractivity contribution in [2.45, 2.75) is 31.9 Å². The molecule has 11 heteroatoms. The maximum atomic E-state index is 13.3. The van der Waals surface area contributed by atoms with E-state index in [1.807, 2.05) is 12.1 Å². The van der Waals surface area contributed by atoms with E-state index in [0.717, 1.165) is 22.3 Å². The Morgan fingerprint density at radius 2 is 1.81 bits per heavy atom. The van der Waals surface area contributed by atoms with Gasteiger partial charge in [-0.05, 0) is 35.2 Å². The molecule has 0 aliphatic carbocycles. The third-order valence-electron chi connectivity index (χ3n) is 5.57. The van der Waals surface area contributed by atoms with Gasteiger partial charge in [0, 0.05) is 38.6 Å². The lowest BCUT2D eigenvalue weighted by Crippen LogP contribution is -2.62. The summed E-state index contributed by atoms with van der Waals surface area (Å²) in [7, 11) is 0. The van der Waals surface area contributed by atoms with Crippen LogP contribution >= 0.6 is 0 Å². The van der Waals surface area contributed by atoms with Crippen molar-refractivity contribution in [3.63, 3.8) is 0 Å². The van der Waals surface area contributed by atoms with Crippen LogP contribution in [0.3, 0.4) is 0 Å². The second-order valence-corrected chi connectivity index (χ2v) is 7.72. The summed E-state index contributed by atoms with van der Waals surface area (Å²) in [4.78, 5) is 17.1. The van der Waals surface area contributed by atoms with Crippen LogP contribution in [0.4, 0.5) is 31.1 Å². The number of piperazine rings is 1. The Morgan fingerprint density at radius 1 is 1.12 bits per heavy atom. The minimum Gasteiger partial charge on any atom is -0.465 e. The van der Waals surface area contributed by atoms with Crippen LogP contribution < -0.4 is 0 Å². The summed E-state index contributed by atoms with van der Waals surface area (Å²) >= 11 is 0. The monoisotopic (exact) mass is 461 g/mol. The molecule has 32 heavy (non-hydrogen) atoms. The Kier molecular flexibility index (Phi) is 6.68. The molecule has 174 valence electrons. The highest BCUT2D eigenvalue weighted by molar-refractivity contribution is 5.66. The number of aryl methyl sites for hydroxylation is 1. The van der Waals surface area contributed by atoms with Crippen LogP contribution in [-0.4, -0.2) is 64.0 Å². The second kappa shape index (κ2) is 8.97. The number of pyridine rings is 1. The van der Waals surface area contributed by atoms with Crippen molar-refractivity contribution in [1.29, 1.82) is 0 Å². The summed E-state index contributed by atoms with van der Waals surface area (Å²) in [6, 6.07) is 6.80. The summed E-state index contributed by atoms with van der Waals surface area (Å²) in [5.74, 6) is -3.76. The summed E-state index contributed by atoms with van der Waals surface area (Å²) in [6.07, 6.45) is -9.74. The number of hydrogen-bond acceptors (Lipinski definition) is 3. The number of alkyl halides is 6. The van der Waals surface area contributed by atoms with Gasteiger partial charge < -0.3 is 10.0 Å². The third kappa shape index (κ3) is 5.32. The summed E-state index contributed by atoms with van der Waals surface area (Å²) < 4.78 is 79.8. The van der Waals surface area contributed by atoms with Gasteiger partial charge in [0.05, 0.1) is 6.04 Å². The Hall–Kier alpha value is -2.82. The molecular formula is C21H21F6N3O2. The van der Waals surface area contributed by atoms with Crippen molar-refractivity contribution in [3.8, 4) is 11.1 Å². The molecule has 3 rings (SSSR count). The normalized spacial score (nSPS) is 18.2. The molecule has 1 atom stereocenters. The summed E-state index contributed by atoms with van der Waals surface area (Å²) in [6.45, 7) is 0.796. The first-order valence-electron chi connectivity index (χ1n) is 9.73. The maximum absolute atomic E-state index is 13.3. The van der Waals surface area contributed by atoms with Crippen LogP contribution in [0.5, 0.6) is 0 Å². The number of carboxylic acid groups (broad SMARTS) is 1. The highest BCUT2D eigenvalue weighted by atomic mass is 19.4. The highest BCUT2D eigenvalue weighted by Gasteiger charge is 2.62. The van der Waals surface area contributed by atoms with Crippen LogP contribution in [0.15, 0.2) is 42.7 Å². The van der Waals surface area contributed by atoms with Gasteiger partial charge in [0.15, 0.2) is 5.92 Å². The third-order valence-corrected chi connectivity index (χ3v) is 5.57. The largest absolute Gasteiger partial charge is 0.465 e. The molecule has 0 saturated carbocycles. The van der Waals surface area contributed by atoms with E-state index < -0.39 is 43.5 Å². The molecule has 1 aromatic carbocycles. The molecule has 1 fully saturated rings. The van der Waals surface area contributed by atoms with Gasteiger partial charge in [-0.25, -0.2) is 4.79 Å². The van der Waals surface area contributed by atoms with E-state index in [0.29, 0.717) is 0 Å². The maximum Gasteiger partial charge on any atom is 0.407 e. The molecule has 2 heterocycles. The fourth-order valence-corrected chi connectivity index (χ4v) is 3.98. The molecule has 2 aromatic rings. The van der Waals surface area contributed by atoms with Gasteiger partial charge in [0.2, 0.25) is 0 Å². The van der Waals surface area contributed by atoms with E-state index in [9.17, 15) is 36.2 Å². The first kappa shape index (κ1) is 23.8. The SMILES string of the molecule is Cc1cc(-c2cccnc2)ccc1CN1CCN(C(=O)O)C(C(C(F)(F)F)C(F)(F)F)C1. The molecule has 1 saturated heterocycles. The molecule has 5 nitrogen and oxygen atoms in total. The predicted octanol–water partition coefficient (Wildman–Crippen LogP) is 4.96. The number of hydrogen-bond donors (Lipinski definition) is 1. The number of halogens is 6. The number of carbonyl (C=O) groups is 1. The van der Waals surface area contributed by atoms with E-state index in [2.05, 4.69) is 4.98 Å². The first-order chi connectivity index (χ1) is 14.9. The quantitative estimate of drug-likeness (QED) is 0.654. The van der Waals surface area contributed by atoms with Gasteiger partial charge in [0.1, 0.15) is 0 Å². The standard InChI is InChI=1S/C21H21F6N3O2/c1-13-9-14(15-3-2-6-28-10-15)4-5-16(13)11-29-7-8-30(19(31)32)17(12-29)18(20(22,23)24)21(25,26)27/h2-6,9-10,17-18H,7-8,11-12H2,1H3,(H,31,32). The lowest BCUT2D eigenvalue weighted by Gasteiger charge is -2.44. The van der Waals surface area contributed by atoms with Crippen molar-refractivity contribution >= 4 is 6.09 Å². The van der Waals surface area contributed by atoms with Crippen molar-refractivity contribution in [3.05, 3.63) is 53.9 Å². The average Bonchev–Trinajstić information content (AvgIpc) is 2.68. The Labute approximate surface area is 180 Å². The summed E-state index contributed by atoms with van der Waals surface area (Å²) in [5, 5.41) is 9.22. The zero-order chi connectivity index (χ0) is 23.7. The van der Waals surface area contributed by atoms with Gasteiger partial charge in [-0.15, -0.1) is 0 Å². The molecule has 1 aliphatic heterocycles. The number of aromatic nitrogens is 1. The molecule has 1 N–H and O–H groups in total. The van der Waals surface area contributed by atoms with E-state index in [1.54, 1.807) is 37.5 Å². The summed E-state index contributed by atoms with van der Waals surface area (Å²) in [5.41, 5.74) is 3.29. The first-order valence-corrected chi connectivity index (χ1v) is 9.73. The van der Waals surface area contributed by atoms with E-state index >= 15 is 0 Å². The Balaban J connectivity index is 1.83. The van der Waals surface area contributed by atoms with Crippen LogP contribution in [0.25, 0.3) is 11.1 Å². The fraction of sp³-hybridized carbons (Fsp3) is 0.429. The lowest BCUT2D eigenvalue weighted by atomic mass is 9.94. The zero-order valence-corrected chi connectivity index (χ0v) is 17.0. The minimum atomic E-state index is -5.62. The van der Waals surface area contributed by atoms with E-state index in [-0.39, 0.29) is 18.0 Å². The van der Waals surface area contributed by atoms with Gasteiger partial charge in [0.25, 0.3) is 0 Å². The van der Waals surface area contributed by atoms with Crippen LogP contribution in [0.1, 0.15) is 11.1 Å². The van der Waals surface area contributed by atoms with E-state index in [1.165, 1.54) is 4.90 Å². The van der Waals surface area contributed by atoms with Crippen molar-refractivity contribution in [2.75, 3.05) is 19.6 Å². The number of rotatable bonds is 4. The topological polar surface area (TPSA) is 56.7 Å². The molecule has 0 spiro atoms.